The molecule has 0 aliphatic rings. The fourth-order valence-electron chi connectivity index (χ4n) is 3.72. The monoisotopic (exact) mass is 312 g/mol. The van der Waals surface area contributed by atoms with Gasteiger partial charge in [0.2, 0.25) is 0 Å². The number of hydrogen-bond donors (Lipinski definition) is 2. The summed E-state index contributed by atoms with van der Waals surface area (Å²) in [5, 5.41) is 4.76. The van der Waals surface area contributed by atoms with E-state index >= 15 is 0 Å². The molecular formula is C22H20N2. The first-order valence-corrected chi connectivity index (χ1v) is 8.14. The van der Waals surface area contributed by atoms with Crippen molar-refractivity contribution in [2.45, 2.75) is 13.8 Å². The SMILES string of the molecule is Cc1cccc2c(-c3cccc4ccccc34)c(N)c(N)c(C)c12. The van der Waals surface area contributed by atoms with Gasteiger partial charge in [0.05, 0.1) is 11.4 Å². The molecule has 0 saturated carbocycles. The minimum atomic E-state index is 0.668. The Morgan fingerprint density at radius 2 is 1.33 bits per heavy atom. The highest BCUT2D eigenvalue weighted by Gasteiger charge is 2.17. The summed E-state index contributed by atoms with van der Waals surface area (Å²) in [5.41, 5.74) is 18.7. The number of nitrogen functional groups attached to an aromatic ring is 2. The van der Waals surface area contributed by atoms with E-state index in [2.05, 4.69) is 67.6 Å². The standard InChI is InChI=1S/C22H20N2/c1-13-7-5-12-18-19(13)14(2)21(23)22(24)20(18)17-11-6-9-15-8-3-4-10-16(15)17/h3-12H,23-24H2,1-2H3. The molecule has 4 aromatic carbocycles. The Kier molecular flexibility index (Phi) is 3.20. The molecule has 0 amide bonds. The second-order valence-electron chi connectivity index (χ2n) is 6.35. The van der Waals surface area contributed by atoms with E-state index in [0.717, 1.165) is 22.1 Å². The van der Waals surface area contributed by atoms with Gasteiger partial charge in [0, 0.05) is 5.56 Å². The summed E-state index contributed by atoms with van der Waals surface area (Å²) < 4.78 is 0. The molecule has 0 atom stereocenters. The lowest BCUT2D eigenvalue weighted by Gasteiger charge is -2.19. The average molecular weight is 312 g/mol. The number of nitrogens with two attached hydrogens (primary N) is 2. The van der Waals surface area contributed by atoms with Crippen molar-refractivity contribution in [3.63, 3.8) is 0 Å². The van der Waals surface area contributed by atoms with E-state index in [1.807, 2.05) is 6.92 Å². The minimum Gasteiger partial charge on any atom is -0.397 e. The van der Waals surface area contributed by atoms with Crippen LogP contribution >= 0.6 is 0 Å². The Morgan fingerprint density at radius 1 is 0.667 bits per heavy atom. The predicted octanol–water partition coefficient (Wildman–Crippen LogP) is 5.44. The summed E-state index contributed by atoms with van der Waals surface area (Å²) in [5.74, 6) is 0. The maximum absolute atomic E-state index is 6.50. The van der Waals surface area contributed by atoms with Crippen molar-refractivity contribution in [2.75, 3.05) is 11.5 Å². The third-order valence-corrected chi connectivity index (χ3v) is 4.94. The second-order valence-corrected chi connectivity index (χ2v) is 6.35. The van der Waals surface area contributed by atoms with Crippen LogP contribution in [0.5, 0.6) is 0 Å². The van der Waals surface area contributed by atoms with Crippen LogP contribution in [0.15, 0.2) is 60.7 Å². The number of fused-ring (bicyclic) bond motifs is 2. The van der Waals surface area contributed by atoms with Gasteiger partial charge in [-0.15, -0.1) is 0 Å². The van der Waals surface area contributed by atoms with Crippen LogP contribution in [0.25, 0.3) is 32.7 Å². The molecule has 0 heterocycles. The lowest BCUT2D eigenvalue weighted by molar-refractivity contribution is 1.46. The molecule has 0 spiro atoms. The highest BCUT2D eigenvalue weighted by Crippen LogP contribution is 2.43. The number of benzene rings is 4. The zero-order chi connectivity index (χ0) is 16.8. The van der Waals surface area contributed by atoms with Crippen LogP contribution in [-0.4, -0.2) is 0 Å². The first kappa shape index (κ1) is 14.6. The van der Waals surface area contributed by atoms with Crippen LogP contribution in [0, 0.1) is 13.8 Å². The normalized spacial score (nSPS) is 11.2. The van der Waals surface area contributed by atoms with Crippen molar-refractivity contribution in [1.82, 2.24) is 0 Å². The summed E-state index contributed by atoms with van der Waals surface area (Å²) in [6.07, 6.45) is 0. The largest absolute Gasteiger partial charge is 0.397 e. The van der Waals surface area contributed by atoms with Crippen LogP contribution in [0.3, 0.4) is 0 Å². The van der Waals surface area contributed by atoms with E-state index < -0.39 is 0 Å². The molecule has 0 unspecified atom stereocenters. The summed E-state index contributed by atoms with van der Waals surface area (Å²) in [6, 6.07) is 21.1. The molecule has 0 aliphatic heterocycles. The summed E-state index contributed by atoms with van der Waals surface area (Å²) in [4.78, 5) is 0. The highest BCUT2D eigenvalue weighted by molar-refractivity contribution is 6.14. The van der Waals surface area contributed by atoms with E-state index in [0.29, 0.717) is 11.4 Å². The van der Waals surface area contributed by atoms with Gasteiger partial charge < -0.3 is 11.5 Å². The molecule has 4 aromatic rings. The Balaban J connectivity index is 2.24. The summed E-state index contributed by atoms with van der Waals surface area (Å²) >= 11 is 0. The van der Waals surface area contributed by atoms with E-state index in [-0.39, 0.29) is 0 Å². The molecule has 2 heteroatoms. The van der Waals surface area contributed by atoms with Gasteiger partial charge >= 0.3 is 0 Å². The molecule has 24 heavy (non-hydrogen) atoms. The van der Waals surface area contributed by atoms with Gasteiger partial charge in [-0.3, -0.25) is 0 Å². The highest BCUT2D eigenvalue weighted by atomic mass is 14.7. The Hall–Kier alpha value is -3.00. The number of hydrogen-bond acceptors (Lipinski definition) is 2. The quantitative estimate of drug-likeness (QED) is 0.460. The maximum Gasteiger partial charge on any atom is 0.0636 e. The Morgan fingerprint density at radius 3 is 2.17 bits per heavy atom. The van der Waals surface area contributed by atoms with Crippen LogP contribution in [0.2, 0.25) is 0 Å². The van der Waals surface area contributed by atoms with Gasteiger partial charge in [0.15, 0.2) is 0 Å². The molecule has 4 N–H and O–H groups in total. The van der Waals surface area contributed by atoms with E-state index in [1.54, 1.807) is 0 Å². The van der Waals surface area contributed by atoms with Crippen LogP contribution in [-0.2, 0) is 0 Å². The van der Waals surface area contributed by atoms with Gasteiger partial charge in [0.1, 0.15) is 0 Å². The topological polar surface area (TPSA) is 52.0 Å². The van der Waals surface area contributed by atoms with Crippen molar-refractivity contribution in [3.05, 3.63) is 71.8 Å². The molecular weight excluding hydrogens is 292 g/mol. The van der Waals surface area contributed by atoms with Gasteiger partial charge in [-0.05, 0) is 52.1 Å². The minimum absolute atomic E-state index is 0.668. The number of anilines is 2. The number of aryl methyl sites for hydroxylation is 2. The summed E-state index contributed by atoms with van der Waals surface area (Å²) in [6.45, 7) is 4.17. The third-order valence-electron chi connectivity index (χ3n) is 4.94. The molecule has 118 valence electrons. The van der Waals surface area contributed by atoms with E-state index in [4.69, 9.17) is 11.5 Å². The van der Waals surface area contributed by atoms with Crippen molar-refractivity contribution >= 4 is 32.9 Å². The Labute approximate surface area is 141 Å². The average Bonchev–Trinajstić information content (AvgIpc) is 2.60. The fraction of sp³-hybridized carbons (Fsp3) is 0.0909. The first-order valence-electron chi connectivity index (χ1n) is 8.14. The molecule has 0 radical (unpaired) electrons. The molecule has 0 bridgehead atoms. The predicted molar refractivity (Wildman–Crippen MR) is 105 cm³/mol. The molecule has 0 saturated heterocycles. The smallest absolute Gasteiger partial charge is 0.0636 e. The van der Waals surface area contributed by atoms with Crippen molar-refractivity contribution in [3.8, 4) is 11.1 Å². The molecule has 0 aliphatic carbocycles. The van der Waals surface area contributed by atoms with Gasteiger partial charge in [-0.2, -0.15) is 0 Å². The Bertz CT molecular complexity index is 1090. The van der Waals surface area contributed by atoms with Crippen molar-refractivity contribution in [2.24, 2.45) is 0 Å². The van der Waals surface area contributed by atoms with Crippen LogP contribution in [0.4, 0.5) is 11.4 Å². The fourth-order valence-corrected chi connectivity index (χ4v) is 3.72. The molecule has 2 nitrogen and oxygen atoms in total. The zero-order valence-electron chi connectivity index (χ0n) is 13.9. The van der Waals surface area contributed by atoms with Crippen molar-refractivity contribution in [1.29, 1.82) is 0 Å². The van der Waals surface area contributed by atoms with Gasteiger partial charge in [0.25, 0.3) is 0 Å². The summed E-state index contributed by atoms with van der Waals surface area (Å²) in [7, 11) is 0. The lowest BCUT2D eigenvalue weighted by atomic mass is 9.88. The second kappa shape index (κ2) is 5.27. The molecule has 0 aromatic heterocycles. The lowest BCUT2D eigenvalue weighted by Crippen LogP contribution is -2.02. The molecule has 4 rings (SSSR count). The van der Waals surface area contributed by atoms with Gasteiger partial charge in [-0.25, -0.2) is 0 Å². The van der Waals surface area contributed by atoms with Crippen molar-refractivity contribution < 1.29 is 0 Å². The third kappa shape index (κ3) is 1.96. The van der Waals surface area contributed by atoms with E-state index in [1.165, 1.54) is 21.7 Å². The van der Waals surface area contributed by atoms with Crippen LogP contribution < -0.4 is 11.5 Å². The van der Waals surface area contributed by atoms with Crippen LogP contribution in [0.1, 0.15) is 11.1 Å². The zero-order valence-corrected chi connectivity index (χ0v) is 13.9. The number of rotatable bonds is 1. The molecule has 0 fully saturated rings. The first-order chi connectivity index (χ1) is 11.6. The van der Waals surface area contributed by atoms with Gasteiger partial charge in [-0.1, -0.05) is 60.7 Å². The maximum atomic E-state index is 6.50. The van der Waals surface area contributed by atoms with E-state index in [9.17, 15) is 0 Å².